The molecule has 0 bridgehead atoms. The molecule has 0 spiro atoms. The summed E-state index contributed by atoms with van der Waals surface area (Å²) in [5.74, 6) is 0. The summed E-state index contributed by atoms with van der Waals surface area (Å²) in [5.41, 5.74) is 1.11. The van der Waals surface area contributed by atoms with E-state index >= 15 is 0 Å². The summed E-state index contributed by atoms with van der Waals surface area (Å²) in [6.07, 6.45) is -3.00. The van der Waals surface area contributed by atoms with Gasteiger partial charge in [0.2, 0.25) is 0 Å². The van der Waals surface area contributed by atoms with Gasteiger partial charge in [0.1, 0.15) is 13.5 Å². The molecule has 9 heteroatoms. The molecule has 2 radical (unpaired) electrons. The molecule has 4 aromatic rings. The molecule has 0 N–H and O–H groups in total. The molecule has 0 aliphatic carbocycles. The standard InChI is InChI=1S/C18H12BF3N4O/c1-9-13(5-6-15(24-9)18(20,21)22)26-16-11-7-10(19)3-4-12(11)23-8-14(16)25(2)17(26)27/h3-8H,1-2H3. The highest BCUT2D eigenvalue weighted by Gasteiger charge is 2.33. The zero-order chi connectivity index (χ0) is 19.5. The Balaban J connectivity index is 2.12. The highest BCUT2D eigenvalue weighted by molar-refractivity contribution is 6.33. The van der Waals surface area contributed by atoms with Crippen LogP contribution in [-0.4, -0.2) is 26.9 Å². The zero-order valence-corrected chi connectivity index (χ0v) is 14.4. The Bertz CT molecular complexity index is 1270. The lowest BCUT2D eigenvalue weighted by atomic mass is 9.94. The minimum absolute atomic E-state index is 0.0910. The topological polar surface area (TPSA) is 52.7 Å². The lowest BCUT2D eigenvalue weighted by Gasteiger charge is -2.11. The Hall–Kier alpha value is -3.10. The molecule has 0 unspecified atom stereocenters. The lowest BCUT2D eigenvalue weighted by Crippen LogP contribution is -2.22. The van der Waals surface area contributed by atoms with Gasteiger partial charge in [0.05, 0.1) is 34.1 Å². The van der Waals surface area contributed by atoms with Crippen molar-refractivity contribution < 1.29 is 13.2 Å². The normalized spacial score (nSPS) is 12.2. The largest absolute Gasteiger partial charge is 0.433 e. The Morgan fingerprint density at radius 2 is 1.89 bits per heavy atom. The van der Waals surface area contributed by atoms with Crippen LogP contribution in [0.1, 0.15) is 11.4 Å². The lowest BCUT2D eigenvalue weighted by molar-refractivity contribution is -0.141. The second-order valence-corrected chi connectivity index (χ2v) is 6.24. The van der Waals surface area contributed by atoms with Crippen LogP contribution in [0.25, 0.3) is 27.6 Å². The fourth-order valence-corrected chi connectivity index (χ4v) is 3.19. The van der Waals surface area contributed by atoms with Gasteiger partial charge in [-0.05, 0) is 25.1 Å². The SMILES string of the molecule is [B]c1ccc2ncc3c(c2c1)n(-c1ccc(C(F)(F)F)nc1C)c(=O)n3C. The zero-order valence-electron chi connectivity index (χ0n) is 14.4. The monoisotopic (exact) mass is 368 g/mol. The van der Waals surface area contributed by atoms with Crippen LogP contribution in [0.2, 0.25) is 0 Å². The third-order valence-electron chi connectivity index (χ3n) is 4.50. The maximum atomic E-state index is 12.9. The maximum Gasteiger partial charge on any atom is 0.433 e. The molecule has 0 fully saturated rings. The van der Waals surface area contributed by atoms with Crippen LogP contribution < -0.4 is 11.2 Å². The van der Waals surface area contributed by atoms with E-state index in [0.29, 0.717) is 27.4 Å². The number of hydrogen-bond donors (Lipinski definition) is 0. The molecule has 3 heterocycles. The second-order valence-electron chi connectivity index (χ2n) is 6.24. The van der Waals surface area contributed by atoms with E-state index in [2.05, 4.69) is 9.97 Å². The average Bonchev–Trinajstić information content (AvgIpc) is 2.86. The minimum Gasteiger partial charge on any atom is -0.293 e. The van der Waals surface area contributed by atoms with Crippen LogP contribution >= 0.6 is 0 Å². The highest BCUT2D eigenvalue weighted by atomic mass is 19.4. The molecule has 1 aromatic carbocycles. The van der Waals surface area contributed by atoms with Crippen LogP contribution in [0.4, 0.5) is 13.2 Å². The van der Waals surface area contributed by atoms with Gasteiger partial charge in [-0.25, -0.2) is 9.78 Å². The molecule has 134 valence electrons. The Morgan fingerprint density at radius 3 is 2.56 bits per heavy atom. The summed E-state index contributed by atoms with van der Waals surface area (Å²) in [5, 5.41) is 0.629. The van der Waals surface area contributed by atoms with E-state index in [4.69, 9.17) is 7.85 Å². The van der Waals surface area contributed by atoms with Gasteiger partial charge < -0.3 is 0 Å². The van der Waals surface area contributed by atoms with Crippen LogP contribution in [0.15, 0.2) is 41.3 Å². The van der Waals surface area contributed by atoms with Crippen molar-refractivity contribution in [3.63, 3.8) is 0 Å². The third-order valence-corrected chi connectivity index (χ3v) is 4.50. The first-order chi connectivity index (χ1) is 12.7. The van der Waals surface area contributed by atoms with Crippen LogP contribution in [0, 0.1) is 6.92 Å². The van der Waals surface area contributed by atoms with Gasteiger partial charge in [0, 0.05) is 12.4 Å². The first-order valence-electron chi connectivity index (χ1n) is 7.99. The van der Waals surface area contributed by atoms with Crippen molar-refractivity contribution in [3.05, 3.63) is 58.4 Å². The summed E-state index contributed by atoms with van der Waals surface area (Å²) < 4.78 is 41.5. The molecule has 0 amide bonds. The molecule has 5 nitrogen and oxygen atoms in total. The van der Waals surface area contributed by atoms with Crippen molar-refractivity contribution in [2.75, 3.05) is 0 Å². The number of pyridine rings is 2. The van der Waals surface area contributed by atoms with E-state index < -0.39 is 17.6 Å². The van der Waals surface area contributed by atoms with Crippen molar-refractivity contribution in [1.82, 2.24) is 19.1 Å². The fraction of sp³-hybridized carbons (Fsp3) is 0.167. The van der Waals surface area contributed by atoms with E-state index in [9.17, 15) is 18.0 Å². The number of halogens is 3. The van der Waals surface area contributed by atoms with Gasteiger partial charge in [-0.2, -0.15) is 13.2 Å². The molecule has 0 atom stereocenters. The molecule has 3 aromatic heterocycles. The molecule has 0 aliphatic heterocycles. The third kappa shape index (κ3) is 2.61. The predicted molar refractivity (Wildman–Crippen MR) is 96.7 cm³/mol. The van der Waals surface area contributed by atoms with Gasteiger partial charge in [-0.3, -0.25) is 14.1 Å². The van der Waals surface area contributed by atoms with Gasteiger partial charge in [0.15, 0.2) is 0 Å². The van der Waals surface area contributed by atoms with Crippen LogP contribution in [0.3, 0.4) is 0 Å². The van der Waals surface area contributed by atoms with E-state index in [1.54, 1.807) is 31.4 Å². The maximum absolute atomic E-state index is 12.9. The predicted octanol–water partition coefficient (Wildman–Crippen LogP) is 2.39. The van der Waals surface area contributed by atoms with E-state index in [0.717, 1.165) is 6.07 Å². The number of rotatable bonds is 1. The summed E-state index contributed by atoms with van der Waals surface area (Å²) in [4.78, 5) is 20.8. The average molecular weight is 368 g/mol. The van der Waals surface area contributed by atoms with Crippen molar-refractivity contribution >= 4 is 35.2 Å². The van der Waals surface area contributed by atoms with E-state index in [-0.39, 0.29) is 11.4 Å². The van der Waals surface area contributed by atoms with Gasteiger partial charge in [-0.1, -0.05) is 17.6 Å². The van der Waals surface area contributed by atoms with Crippen LogP contribution in [-0.2, 0) is 13.2 Å². The highest BCUT2D eigenvalue weighted by Crippen LogP contribution is 2.30. The molecule has 0 aliphatic rings. The summed E-state index contributed by atoms with van der Waals surface area (Å²) in [6.45, 7) is 1.44. The smallest absolute Gasteiger partial charge is 0.293 e. The Kier molecular flexibility index (Phi) is 3.66. The number of nitrogens with zero attached hydrogens (tertiary/aromatic N) is 4. The molecule has 0 saturated heterocycles. The van der Waals surface area contributed by atoms with Crippen molar-refractivity contribution in [1.29, 1.82) is 0 Å². The number of hydrogen-bond acceptors (Lipinski definition) is 3. The number of alkyl halides is 3. The van der Waals surface area contributed by atoms with E-state index in [1.807, 2.05) is 0 Å². The summed E-state index contributed by atoms with van der Waals surface area (Å²) in [7, 11) is 7.46. The second kappa shape index (κ2) is 5.70. The molecular formula is C18H12BF3N4O. The van der Waals surface area contributed by atoms with Crippen molar-refractivity contribution in [2.24, 2.45) is 7.05 Å². The van der Waals surface area contributed by atoms with Crippen molar-refractivity contribution in [2.45, 2.75) is 13.1 Å². The minimum atomic E-state index is -4.56. The number of aryl methyl sites for hydroxylation is 2. The Morgan fingerprint density at radius 1 is 1.15 bits per heavy atom. The number of imidazole rings is 1. The Labute approximate surface area is 152 Å². The molecule has 27 heavy (non-hydrogen) atoms. The van der Waals surface area contributed by atoms with Crippen LogP contribution in [0.5, 0.6) is 0 Å². The quantitative estimate of drug-likeness (QED) is 0.485. The van der Waals surface area contributed by atoms with Gasteiger partial charge in [-0.15, -0.1) is 0 Å². The van der Waals surface area contributed by atoms with Gasteiger partial charge in [0.25, 0.3) is 0 Å². The number of aromatic nitrogens is 4. The number of fused-ring (bicyclic) bond motifs is 3. The van der Waals surface area contributed by atoms with Gasteiger partial charge >= 0.3 is 11.9 Å². The summed E-state index contributed by atoms with van der Waals surface area (Å²) in [6, 6.07) is 7.23. The molecular weight excluding hydrogens is 356 g/mol. The molecule has 0 saturated carbocycles. The van der Waals surface area contributed by atoms with E-state index in [1.165, 1.54) is 22.1 Å². The van der Waals surface area contributed by atoms with Crippen molar-refractivity contribution in [3.8, 4) is 5.69 Å². The molecule has 4 rings (SSSR count). The fourth-order valence-electron chi connectivity index (χ4n) is 3.19. The number of benzene rings is 1. The summed E-state index contributed by atoms with van der Waals surface area (Å²) >= 11 is 0. The first kappa shape index (κ1) is 17.3. The first-order valence-corrected chi connectivity index (χ1v) is 7.99.